The number of nitrogens with two attached hydrogens (primary N) is 1. The minimum atomic E-state index is 0.167. The molecule has 0 saturated heterocycles. The Balaban J connectivity index is 2.59. The maximum absolute atomic E-state index is 9.34. The van der Waals surface area contributed by atoms with Gasteiger partial charge in [-0.05, 0) is 37.2 Å². The first kappa shape index (κ1) is 12.8. The largest absolute Gasteiger partial charge is 0.506 e. The Kier molecular flexibility index (Phi) is 5.12. The van der Waals surface area contributed by atoms with Crippen LogP contribution in [-0.4, -0.2) is 23.1 Å². The summed E-state index contributed by atoms with van der Waals surface area (Å²) in [6.07, 6.45) is 2.44. The fourth-order valence-electron chi connectivity index (χ4n) is 1.69. The number of rotatable bonds is 6. The number of phenols is 1. The fourth-order valence-corrected chi connectivity index (χ4v) is 1.69. The van der Waals surface area contributed by atoms with Crippen LogP contribution in [0.15, 0.2) is 18.2 Å². The second kappa shape index (κ2) is 6.38. The van der Waals surface area contributed by atoms with Crippen molar-refractivity contribution >= 4 is 5.69 Å². The van der Waals surface area contributed by atoms with Gasteiger partial charge < -0.3 is 10.8 Å². The van der Waals surface area contributed by atoms with Gasteiger partial charge in [0.2, 0.25) is 0 Å². The first-order chi connectivity index (χ1) is 7.67. The van der Waals surface area contributed by atoms with E-state index in [1.807, 2.05) is 12.1 Å². The van der Waals surface area contributed by atoms with Gasteiger partial charge in [0.05, 0.1) is 5.69 Å². The molecule has 0 aliphatic carbocycles. The van der Waals surface area contributed by atoms with E-state index < -0.39 is 0 Å². The molecule has 90 valence electrons. The van der Waals surface area contributed by atoms with Crippen molar-refractivity contribution in [1.29, 1.82) is 0 Å². The molecule has 0 aliphatic rings. The van der Waals surface area contributed by atoms with E-state index in [1.54, 1.807) is 6.07 Å². The van der Waals surface area contributed by atoms with Crippen molar-refractivity contribution in [1.82, 2.24) is 4.90 Å². The molecule has 0 bridgehead atoms. The van der Waals surface area contributed by atoms with Crippen LogP contribution in [0, 0.1) is 0 Å². The fraction of sp³-hybridized carbons (Fsp3) is 0.538. The molecule has 0 amide bonds. The van der Waals surface area contributed by atoms with Gasteiger partial charge in [0.25, 0.3) is 0 Å². The maximum atomic E-state index is 9.34. The number of benzene rings is 1. The second-order valence-electron chi connectivity index (χ2n) is 4.12. The molecule has 0 spiro atoms. The van der Waals surface area contributed by atoms with E-state index in [1.165, 1.54) is 12.8 Å². The molecule has 0 radical (unpaired) electrons. The SMILES string of the molecule is CCCCN(CC)Cc1ccc(O)c(N)c1. The van der Waals surface area contributed by atoms with Gasteiger partial charge in [-0.1, -0.05) is 26.3 Å². The Bertz CT molecular complexity index is 326. The number of hydrogen-bond acceptors (Lipinski definition) is 3. The van der Waals surface area contributed by atoms with E-state index in [0.29, 0.717) is 5.69 Å². The van der Waals surface area contributed by atoms with Gasteiger partial charge in [0, 0.05) is 6.54 Å². The Morgan fingerprint density at radius 3 is 2.62 bits per heavy atom. The summed E-state index contributed by atoms with van der Waals surface area (Å²) in [7, 11) is 0. The summed E-state index contributed by atoms with van der Waals surface area (Å²) in [5.41, 5.74) is 7.29. The molecule has 0 fully saturated rings. The monoisotopic (exact) mass is 222 g/mol. The summed E-state index contributed by atoms with van der Waals surface area (Å²) in [6, 6.07) is 5.45. The van der Waals surface area contributed by atoms with E-state index in [0.717, 1.165) is 25.2 Å². The number of unbranched alkanes of at least 4 members (excludes halogenated alkanes) is 1. The average Bonchev–Trinajstić information content (AvgIpc) is 2.29. The van der Waals surface area contributed by atoms with Crippen LogP contribution in [-0.2, 0) is 6.54 Å². The van der Waals surface area contributed by atoms with Crippen molar-refractivity contribution in [3.8, 4) is 5.75 Å². The van der Waals surface area contributed by atoms with Crippen LogP contribution in [0.4, 0.5) is 5.69 Å². The Hall–Kier alpha value is -1.22. The zero-order chi connectivity index (χ0) is 12.0. The number of hydrogen-bond donors (Lipinski definition) is 2. The van der Waals surface area contributed by atoms with Crippen LogP contribution in [0.25, 0.3) is 0 Å². The molecule has 3 nitrogen and oxygen atoms in total. The molecular weight excluding hydrogens is 200 g/mol. The third-order valence-electron chi connectivity index (χ3n) is 2.77. The molecule has 0 unspecified atom stereocenters. The number of phenolic OH excluding ortho intramolecular Hbond substituents is 1. The summed E-state index contributed by atoms with van der Waals surface area (Å²) in [4.78, 5) is 2.38. The van der Waals surface area contributed by atoms with Gasteiger partial charge in [-0.25, -0.2) is 0 Å². The second-order valence-corrected chi connectivity index (χ2v) is 4.12. The van der Waals surface area contributed by atoms with Crippen LogP contribution in [0.3, 0.4) is 0 Å². The molecule has 0 aromatic heterocycles. The summed E-state index contributed by atoms with van der Waals surface area (Å²) >= 11 is 0. The van der Waals surface area contributed by atoms with Crippen LogP contribution < -0.4 is 5.73 Å². The van der Waals surface area contributed by atoms with E-state index in [-0.39, 0.29) is 5.75 Å². The lowest BCUT2D eigenvalue weighted by molar-refractivity contribution is 0.275. The molecular formula is C13H22N2O. The van der Waals surface area contributed by atoms with Gasteiger partial charge >= 0.3 is 0 Å². The van der Waals surface area contributed by atoms with E-state index in [4.69, 9.17) is 5.73 Å². The number of aromatic hydroxyl groups is 1. The van der Waals surface area contributed by atoms with Gasteiger partial charge in [-0.2, -0.15) is 0 Å². The average molecular weight is 222 g/mol. The standard InChI is InChI=1S/C13H22N2O/c1-3-5-8-15(4-2)10-11-6-7-13(16)12(14)9-11/h6-7,9,16H,3-5,8,10,14H2,1-2H3. The third kappa shape index (κ3) is 3.74. The van der Waals surface area contributed by atoms with Crippen LogP contribution in [0.2, 0.25) is 0 Å². The number of nitrogen functional groups attached to an aromatic ring is 1. The minimum absolute atomic E-state index is 0.167. The van der Waals surface area contributed by atoms with Crippen molar-refractivity contribution in [2.75, 3.05) is 18.8 Å². The van der Waals surface area contributed by atoms with E-state index >= 15 is 0 Å². The van der Waals surface area contributed by atoms with E-state index in [9.17, 15) is 5.11 Å². The van der Waals surface area contributed by atoms with Crippen molar-refractivity contribution < 1.29 is 5.11 Å². The summed E-state index contributed by atoms with van der Waals surface area (Å²) in [6.45, 7) is 7.43. The zero-order valence-electron chi connectivity index (χ0n) is 10.2. The first-order valence-electron chi connectivity index (χ1n) is 5.97. The molecule has 1 rings (SSSR count). The molecule has 16 heavy (non-hydrogen) atoms. The molecule has 1 aromatic carbocycles. The smallest absolute Gasteiger partial charge is 0.138 e. The lowest BCUT2D eigenvalue weighted by Gasteiger charge is -2.20. The van der Waals surface area contributed by atoms with Crippen LogP contribution >= 0.6 is 0 Å². The highest BCUT2D eigenvalue weighted by Crippen LogP contribution is 2.21. The van der Waals surface area contributed by atoms with Crippen LogP contribution in [0.5, 0.6) is 5.75 Å². The Morgan fingerprint density at radius 1 is 1.31 bits per heavy atom. The minimum Gasteiger partial charge on any atom is -0.506 e. The topological polar surface area (TPSA) is 49.5 Å². The van der Waals surface area contributed by atoms with Gasteiger partial charge in [0.1, 0.15) is 5.75 Å². The Labute approximate surface area is 97.9 Å². The Morgan fingerprint density at radius 2 is 2.06 bits per heavy atom. The van der Waals surface area contributed by atoms with Crippen molar-refractivity contribution in [2.45, 2.75) is 33.2 Å². The normalized spacial score (nSPS) is 10.9. The van der Waals surface area contributed by atoms with E-state index in [2.05, 4.69) is 18.7 Å². The lowest BCUT2D eigenvalue weighted by atomic mass is 10.1. The van der Waals surface area contributed by atoms with Gasteiger partial charge in [0.15, 0.2) is 0 Å². The highest BCUT2D eigenvalue weighted by Gasteiger charge is 2.04. The third-order valence-corrected chi connectivity index (χ3v) is 2.77. The summed E-state index contributed by atoms with van der Waals surface area (Å²) in [5.74, 6) is 0.167. The molecule has 3 heteroatoms. The predicted octanol–water partition coefficient (Wildman–Crippen LogP) is 2.60. The van der Waals surface area contributed by atoms with Crippen molar-refractivity contribution in [3.05, 3.63) is 23.8 Å². The molecule has 0 aliphatic heterocycles. The summed E-state index contributed by atoms with van der Waals surface area (Å²) < 4.78 is 0. The summed E-state index contributed by atoms with van der Waals surface area (Å²) in [5, 5.41) is 9.34. The quantitative estimate of drug-likeness (QED) is 0.574. The van der Waals surface area contributed by atoms with Gasteiger partial charge in [-0.3, -0.25) is 4.90 Å². The predicted molar refractivity (Wildman–Crippen MR) is 68.4 cm³/mol. The maximum Gasteiger partial charge on any atom is 0.138 e. The molecule has 1 aromatic rings. The molecule has 3 N–H and O–H groups in total. The van der Waals surface area contributed by atoms with Crippen molar-refractivity contribution in [2.24, 2.45) is 0 Å². The lowest BCUT2D eigenvalue weighted by Crippen LogP contribution is -2.23. The molecule has 0 atom stereocenters. The highest BCUT2D eigenvalue weighted by atomic mass is 16.3. The number of nitrogens with zero attached hydrogens (tertiary/aromatic N) is 1. The molecule has 0 heterocycles. The highest BCUT2D eigenvalue weighted by molar-refractivity contribution is 5.53. The van der Waals surface area contributed by atoms with Gasteiger partial charge in [-0.15, -0.1) is 0 Å². The zero-order valence-corrected chi connectivity index (χ0v) is 10.2. The molecule has 0 saturated carbocycles. The number of anilines is 1. The van der Waals surface area contributed by atoms with Crippen molar-refractivity contribution in [3.63, 3.8) is 0 Å². The first-order valence-corrected chi connectivity index (χ1v) is 5.97. The van der Waals surface area contributed by atoms with Crippen LogP contribution in [0.1, 0.15) is 32.3 Å².